The monoisotopic (exact) mass is 330 g/mol. The zero-order valence-electron chi connectivity index (χ0n) is 14.8. The lowest BCUT2D eigenvalue weighted by Gasteiger charge is -2.43. The Morgan fingerprint density at radius 1 is 1.08 bits per heavy atom. The summed E-state index contributed by atoms with van der Waals surface area (Å²) in [7, 11) is 0. The second-order valence-corrected chi connectivity index (χ2v) is 6.99. The molecule has 0 spiro atoms. The molecule has 0 saturated carbocycles. The van der Waals surface area contributed by atoms with Crippen molar-refractivity contribution in [2.24, 2.45) is 0 Å². The standard InChI is InChI=1S/C20H30N2O2/c1-2-24-20(23)19-10-6-7-13-22(19)18-11-14-21(15-12-18)16-17-8-4-3-5-9-17/h3-5,8-9,18-19H,2,6-7,10-16H2,1H3. The maximum atomic E-state index is 12.3. The van der Waals surface area contributed by atoms with Gasteiger partial charge >= 0.3 is 5.97 Å². The van der Waals surface area contributed by atoms with Crippen LogP contribution in [0.15, 0.2) is 30.3 Å². The van der Waals surface area contributed by atoms with E-state index in [9.17, 15) is 4.79 Å². The Bertz CT molecular complexity index is 512. The summed E-state index contributed by atoms with van der Waals surface area (Å²) in [5.74, 6) is -0.0103. The molecule has 4 nitrogen and oxygen atoms in total. The Morgan fingerprint density at radius 3 is 2.54 bits per heavy atom. The van der Waals surface area contributed by atoms with Crippen molar-refractivity contribution in [3.8, 4) is 0 Å². The molecule has 2 aliphatic heterocycles. The summed E-state index contributed by atoms with van der Waals surface area (Å²) in [6, 6.07) is 11.2. The largest absolute Gasteiger partial charge is 0.465 e. The molecule has 1 aromatic rings. The summed E-state index contributed by atoms with van der Waals surface area (Å²) in [5.41, 5.74) is 1.39. The quantitative estimate of drug-likeness (QED) is 0.777. The van der Waals surface area contributed by atoms with Crippen LogP contribution in [0.25, 0.3) is 0 Å². The molecular formula is C20H30N2O2. The van der Waals surface area contributed by atoms with E-state index in [1.54, 1.807) is 0 Å². The molecule has 1 aromatic carbocycles. The molecule has 2 heterocycles. The van der Waals surface area contributed by atoms with Crippen LogP contribution in [0.3, 0.4) is 0 Å². The van der Waals surface area contributed by atoms with E-state index in [1.807, 2.05) is 6.92 Å². The number of esters is 1. The Hall–Kier alpha value is -1.39. The van der Waals surface area contributed by atoms with Gasteiger partial charge in [-0.25, -0.2) is 0 Å². The summed E-state index contributed by atoms with van der Waals surface area (Å²) < 4.78 is 5.31. The smallest absolute Gasteiger partial charge is 0.323 e. The van der Waals surface area contributed by atoms with E-state index in [2.05, 4.69) is 40.1 Å². The number of nitrogens with zero attached hydrogens (tertiary/aromatic N) is 2. The highest BCUT2D eigenvalue weighted by atomic mass is 16.5. The Kier molecular flexibility index (Phi) is 6.27. The van der Waals surface area contributed by atoms with Crippen molar-refractivity contribution in [2.45, 2.75) is 57.7 Å². The summed E-state index contributed by atoms with van der Waals surface area (Å²) in [6.45, 7) is 6.70. The lowest BCUT2D eigenvalue weighted by Crippen LogP contribution is -2.53. The third-order valence-corrected chi connectivity index (χ3v) is 5.38. The first-order valence-electron chi connectivity index (χ1n) is 9.46. The molecule has 1 unspecified atom stereocenters. The van der Waals surface area contributed by atoms with Gasteiger partial charge < -0.3 is 4.74 Å². The molecule has 1 atom stereocenters. The number of carbonyl (C=O) groups is 1. The Labute approximate surface area is 145 Å². The summed E-state index contributed by atoms with van der Waals surface area (Å²) >= 11 is 0. The molecule has 0 radical (unpaired) electrons. The highest BCUT2D eigenvalue weighted by molar-refractivity contribution is 5.76. The topological polar surface area (TPSA) is 32.8 Å². The van der Waals surface area contributed by atoms with Crippen LogP contribution >= 0.6 is 0 Å². The molecule has 0 aromatic heterocycles. The van der Waals surface area contributed by atoms with Crippen molar-refractivity contribution in [3.05, 3.63) is 35.9 Å². The van der Waals surface area contributed by atoms with Crippen molar-refractivity contribution in [3.63, 3.8) is 0 Å². The van der Waals surface area contributed by atoms with Gasteiger partial charge in [0.25, 0.3) is 0 Å². The summed E-state index contributed by atoms with van der Waals surface area (Å²) in [5, 5.41) is 0. The molecule has 2 saturated heterocycles. The highest BCUT2D eigenvalue weighted by Gasteiger charge is 2.35. The fourth-order valence-corrected chi connectivity index (χ4v) is 4.13. The van der Waals surface area contributed by atoms with Crippen LogP contribution in [0.5, 0.6) is 0 Å². The molecule has 2 fully saturated rings. The van der Waals surface area contributed by atoms with Crippen molar-refractivity contribution in [1.29, 1.82) is 0 Å². The summed E-state index contributed by atoms with van der Waals surface area (Å²) in [6.07, 6.45) is 5.63. The van der Waals surface area contributed by atoms with Crippen molar-refractivity contribution >= 4 is 5.97 Å². The Balaban J connectivity index is 1.53. The van der Waals surface area contributed by atoms with E-state index < -0.39 is 0 Å². The van der Waals surface area contributed by atoms with Gasteiger partial charge in [0.15, 0.2) is 0 Å². The lowest BCUT2D eigenvalue weighted by atomic mass is 9.95. The molecule has 2 aliphatic rings. The van der Waals surface area contributed by atoms with Crippen LogP contribution < -0.4 is 0 Å². The fraction of sp³-hybridized carbons (Fsp3) is 0.650. The minimum absolute atomic E-state index is 0.00984. The predicted octanol–water partition coefficient (Wildman–Crippen LogP) is 3.07. The molecular weight excluding hydrogens is 300 g/mol. The second kappa shape index (κ2) is 8.63. The van der Waals surface area contributed by atoms with Gasteiger partial charge in [-0.15, -0.1) is 0 Å². The van der Waals surface area contributed by atoms with Crippen LogP contribution in [-0.2, 0) is 16.1 Å². The number of benzene rings is 1. The van der Waals surface area contributed by atoms with E-state index in [1.165, 1.54) is 12.0 Å². The van der Waals surface area contributed by atoms with Crippen LogP contribution in [-0.4, -0.2) is 54.1 Å². The third kappa shape index (κ3) is 4.37. The number of piperidine rings is 2. The van der Waals surface area contributed by atoms with E-state index in [-0.39, 0.29) is 12.0 Å². The minimum atomic E-state index is -0.0103. The molecule has 0 bridgehead atoms. The maximum absolute atomic E-state index is 12.3. The summed E-state index contributed by atoms with van der Waals surface area (Å²) in [4.78, 5) is 17.3. The zero-order chi connectivity index (χ0) is 16.8. The molecule has 4 heteroatoms. The van der Waals surface area contributed by atoms with Crippen LogP contribution in [0.4, 0.5) is 0 Å². The maximum Gasteiger partial charge on any atom is 0.323 e. The molecule has 24 heavy (non-hydrogen) atoms. The molecule has 132 valence electrons. The van der Waals surface area contributed by atoms with Crippen molar-refractivity contribution in [1.82, 2.24) is 9.80 Å². The van der Waals surface area contributed by atoms with Crippen molar-refractivity contribution in [2.75, 3.05) is 26.2 Å². The van der Waals surface area contributed by atoms with Crippen LogP contribution in [0.1, 0.15) is 44.6 Å². The normalized spacial score (nSPS) is 24.0. The number of likely N-dealkylation sites (tertiary alicyclic amines) is 2. The van der Waals surface area contributed by atoms with Gasteiger partial charge in [0.2, 0.25) is 0 Å². The molecule has 3 rings (SSSR count). The lowest BCUT2D eigenvalue weighted by molar-refractivity contribution is -0.152. The van der Waals surface area contributed by atoms with Gasteiger partial charge in [0.05, 0.1) is 6.61 Å². The van der Waals surface area contributed by atoms with Gasteiger partial charge in [-0.05, 0) is 57.8 Å². The first kappa shape index (κ1) is 17.4. The van der Waals surface area contributed by atoms with E-state index in [0.717, 1.165) is 51.9 Å². The van der Waals surface area contributed by atoms with Gasteiger partial charge in [0.1, 0.15) is 6.04 Å². The van der Waals surface area contributed by atoms with Gasteiger partial charge in [-0.2, -0.15) is 0 Å². The van der Waals surface area contributed by atoms with Gasteiger partial charge in [0, 0.05) is 12.6 Å². The average Bonchev–Trinajstić information content (AvgIpc) is 2.63. The highest BCUT2D eigenvalue weighted by Crippen LogP contribution is 2.26. The van der Waals surface area contributed by atoms with Crippen molar-refractivity contribution < 1.29 is 9.53 Å². The number of hydrogen-bond acceptors (Lipinski definition) is 4. The van der Waals surface area contributed by atoms with E-state index in [0.29, 0.717) is 12.6 Å². The van der Waals surface area contributed by atoms with Gasteiger partial charge in [-0.1, -0.05) is 36.8 Å². The number of ether oxygens (including phenoxy) is 1. The van der Waals surface area contributed by atoms with Crippen LogP contribution in [0.2, 0.25) is 0 Å². The fourth-order valence-electron chi connectivity index (χ4n) is 4.13. The van der Waals surface area contributed by atoms with Gasteiger partial charge in [-0.3, -0.25) is 14.6 Å². The number of rotatable bonds is 5. The first-order valence-corrected chi connectivity index (χ1v) is 9.46. The number of hydrogen-bond donors (Lipinski definition) is 0. The zero-order valence-corrected chi connectivity index (χ0v) is 14.8. The molecule has 0 amide bonds. The Morgan fingerprint density at radius 2 is 1.83 bits per heavy atom. The SMILES string of the molecule is CCOC(=O)C1CCCCN1C1CCN(Cc2ccccc2)CC1. The molecule has 0 aliphatic carbocycles. The number of carbonyl (C=O) groups excluding carboxylic acids is 1. The molecule has 0 N–H and O–H groups in total. The minimum Gasteiger partial charge on any atom is -0.465 e. The van der Waals surface area contributed by atoms with Crippen LogP contribution in [0, 0.1) is 0 Å². The predicted molar refractivity (Wildman–Crippen MR) is 95.7 cm³/mol. The van der Waals surface area contributed by atoms with E-state index >= 15 is 0 Å². The van der Waals surface area contributed by atoms with E-state index in [4.69, 9.17) is 4.74 Å². The second-order valence-electron chi connectivity index (χ2n) is 6.99. The third-order valence-electron chi connectivity index (χ3n) is 5.38. The first-order chi connectivity index (χ1) is 11.8. The average molecular weight is 330 g/mol.